The van der Waals surface area contributed by atoms with Crippen LogP contribution >= 0.6 is 0 Å². The monoisotopic (exact) mass is 288 g/mol. The standard InChI is InChI=1S/C14H28N2O2S/c1-3-8-19(17,18)9-7-16-11-13(4-2)15-10-14(16)12-5-6-12/h12-15H,3-11H2,1-2H3. The highest BCUT2D eigenvalue weighted by atomic mass is 32.2. The molecule has 2 rings (SSSR count). The summed E-state index contributed by atoms with van der Waals surface area (Å²) in [5, 5.41) is 3.60. The Morgan fingerprint density at radius 3 is 2.53 bits per heavy atom. The third-order valence-electron chi connectivity index (χ3n) is 4.40. The van der Waals surface area contributed by atoms with Crippen molar-refractivity contribution >= 4 is 9.84 Å². The number of hydrogen-bond donors (Lipinski definition) is 1. The SMILES string of the molecule is CCCS(=O)(=O)CCN1CC(CC)NCC1C1CC1. The summed E-state index contributed by atoms with van der Waals surface area (Å²) < 4.78 is 23.7. The van der Waals surface area contributed by atoms with Gasteiger partial charge in [-0.1, -0.05) is 13.8 Å². The van der Waals surface area contributed by atoms with E-state index in [0.29, 0.717) is 23.6 Å². The van der Waals surface area contributed by atoms with Crippen molar-refractivity contribution in [1.82, 2.24) is 10.2 Å². The first-order valence-electron chi connectivity index (χ1n) is 7.73. The minimum atomic E-state index is -2.85. The van der Waals surface area contributed by atoms with Crippen molar-refractivity contribution in [1.29, 1.82) is 0 Å². The maximum atomic E-state index is 11.9. The van der Waals surface area contributed by atoms with Gasteiger partial charge in [0.25, 0.3) is 0 Å². The lowest BCUT2D eigenvalue weighted by atomic mass is 10.0. The molecule has 2 unspecified atom stereocenters. The second-order valence-corrected chi connectivity index (χ2v) is 8.37. The Hall–Kier alpha value is -0.130. The number of piperazine rings is 1. The zero-order chi connectivity index (χ0) is 13.9. The van der Waals surface area contributed by atoms with Gasteiger partial charge in [0, 0.05) is 37.5 Å². The Labute approximate surface area is 117 Å². The topological polar surface area (TPSA) is 49.4 Å². The molecular formula is C14H28N2O2S. The zero-order valence-electron chi connectivity index (χ0n) is 12.3. The van der Waals surface area contributed by atoms with Gasteiger partial charge in [0.15, 0.2) is 9.84 Å². The maximum absolute atomic E-state index is 11.9. The van der Waals surface area contributed by atoms with Gasteiger partial charge in [-0.25, -0.2) is 8.42 Å². The van der Waals surface area contributed by atoms with Gasteiger partial charge in [-0.3, -0.25) is 4.90 Å². The molecule has 0 radical (unpaired) electrons. The molecule has 1 heterocycles. The molecule has 1 aliphatic heterocycles. The minimum absolute atomic E-state index is 0.334. The van der Waals surface area contributed by atoms with E-state index in [2.05, 4.69) is 17.1 Å². The van der Waals surface area contributed by atoms with Gasteiger partial charge >= 0.3 is 0 Å². The number of hydrogen-bond acceptors (Lipinski definition) is 4. The first-order chi connectivity index (χ1) is 9.05. The van der Waals surface area contributed by atoms with Crippen LogP contribution in [0.15, 0.2) is 0 Å². The van der Waals surface area contributed by atoms with Gasteiger partial charge in [-0.15, -0.1) is 0 Å². The van der Waals surface area contributed by atoms with Crippen molar-refractivity contribution in [3.05, 3.63) is 0 Å². The number of sulfone groups is 1. The Bertz CT molecular complexity index is 379. The first kappa shape index (κ1) is 15.3. The van der Waals surface area contributed by atoms with Crippen LogP contribution in [0.1, 0.15) is 39.5 Å². The predicted molar refractivity (Wildman–Crippen MR) is 79.1 cm³/mol. The molecule has 112 valence electrons. The molecule has 1 N–H and O–H groups in total. The Kier molecular flexibility index (Phi) is 5.26. The third kappa shape index (κ3) is 4.43. The van der Waals surface area contributed by atoms with Gasteiger partial charge in [-0.05, 0) is 31.6 Å². The van der Waals surface area contributed by atoms with Crippen LogP contribution in [0, 0.1) is 5.92 Å². The first-order valence-corrected chi connectivity index (χ1v) is 9.55. The second-order valence-electron chi connectivity index (χ2n) is 6.06. The van der Waals surface area contributed by atoms with E-state index in [0.717, 1.165) is 38.4 Å². The third-order valence-corrected chi connectivity index (χ3v) is 6.24. The summed E-state index contributed by atoms with van der Waals surface area (Å²) in [6, 6.07) is 1.10. The smallest absolute Gasteiger partial charge is 0.151 e. The van der Waals surface area contributed by atoms with Crippen LogP contribution in [-0.4, -0.2) is 56.5 Å². The minimum Gasteiger partial charge on any atom is -0.311 e. The summed E-state index contributed by atoms with van der Waals surface area (Å²) in [4.78, 5) is 2.44. The Morgan fingerprint density at radius 1 is 1.21 bits per heavy atom. The van der Waals surface area contributed by atoms with Crippen LogP contribution < -0.4 is 5.32 Å². The van der Waals surface area contributed by atoms with E-state index in [4.69, 9.17) is 0 Å². The molecule has 1 aliphatic carbocycles. The fraction of sp³-hybridized carbons (Fsp3) is 1.00. The molecule has 0 spiro atoms. The van der Waals surface area contributed by atoms with Crippen LogP contribution in [-0.2, 0) is 9.84 Å². The molecule has 1 saturated heterocycles. The molecule has 4 nitrogen and oxygen atoms in total. The van der Waals surface area contributed by atoms with E-state index in [1.165, 1.54) is 12.8 Å². The molecule has 5 heteroatoms. The van der Waals surface area contributed by atoms with Crippen molar-refractivity contribution in [3.63, 3.8) is 0 Å². The molecule has 19 heavy (non-hydrogen) atoms. The molecule has 0 aromatic heterocycles. The van der Waals surface area contributed by atoms with Crippen LogP contribution in [0.25, 0.3) is 0 Å². The largest absolute Gasteiger partial charge is 0.311 e. The normalized spacial score (nSPS) is 29.6. The Balaban J connectivity index is 1.90. The lowest BCUT2D eigenvalue weighted by molar-refractivity contribution is 0.120. The van der Waals surface area contributed by atoms with E-state index in [1.54, 1.807) is 0 Å². The molecule has 2 aliphatic rings. The van der Waals surface area contributed by atoms with Crippen LogP contribution in [0.5, 0.6) is 0 Å². The molecule has 0 aromatic carbocycles. The van der Waals surface area contributed by atoms with Crippen LogP contribution in [0.4, 0.5) is 0 Å². The Morgan fingerprint density at radius 2 is 1.95 bits per heavy atom. The molecule has 1 saturated carbocycles. The van der Waals surface area contributed by atoms with Crippen LogP contribution in [0.2, 0.25) is 0 Å². The molecule has 2 atom stereocenters. The van der Waals surface area contributed by atoms with Crippen molar-refractivity contribution in [2.24, 2.45) is 5.92 Å². The van der Waals surface area contributed by atoms with Crippen molar-refractivity contribution in [2.45, 2.75) is 51.6 Å². The fourth-order valence-corrected chi connectivity index (χ4v) is 4.38. The lowest BCUT2D eigenvalue weighted by Gasteiger charge is -2.40. The number of rotatable bonds is 7. The predicted octanol–water partition coefficient (Wildman–Crippen LogP) is 1.27. The van der Waals surface area contributed by atoms with E-state index < -0.39 is 9.84 Å². The van der Waals surface area contributed by atoms with E-state index >= 15 is 0 Å². The number of nitrogens with one attached hydrogen (secondary N) is 1. The zero-order valence-corrected chi connectivity index (χ0v) is 13.1. The van der Waals surface area contributed by atoms with Gasteiger partial charge in [0.2, 0.25) is 0 Å². The summed E-state index contributed by atoms with van der Waals surface area (Å²) in [5.41, 5.74) is 0. The molecular weight excluding hydrogens is 260 g/mol. The molecule has 0 amide bonds. The van der Waals surface area contributed by atoms with E-state index in [1.807, 2.05) is 6.92 Å². The average molecular weight is 288 g/mol. The van der Waals surface area contributed by atoms with Gasteiger partial charge in [-0.2, -0.15) is 0 Å². The second kappa shape index (κ2) is 6.55. The van der Waals surface area contributed by atoms with Gasteiger partial charge < -0.3 is 5.32 Å². The highest BCUT2D eigenvalue weighted by molar-refractivity contribution is 7.91. The summed E-state index contributed by atoms with van der Waals surface area (Å²) >= 11 is 0. The summed E-state index contributed by atoms with van der Waals surface area (Å²) in [7, 11) is -2.85. The fourth-order valence-electron chi connectivity index (χ4n) is 3.05. The maximum Gasteiger partial charge on any atom is 0.151 e. The number of nitrogens with zero attached hydrogens (tertiary/aromatic N) is 1. The van der Waals surface area contributed by atoms with Crippen molar-refractivity contribution in [3.8, 4) is 0 Å². The van der Waals surface area contributed by atoms with Crippen molar-refractivity contribution < 1.29 is 8.42 Å². The average Bonchev–Trinajstić information content (AvgIpc) is 3.20. The summed E-state index contributed by atoms with van der Waals surface area (Å²) in [6.07, 6.45) is 4.49. The molecule has 0 aromatic rings. The van der Waals surface area contributed by atoms with E-state index in [-0.39, 0.29) is 0 Å². The summed E-state index contributed by atoms with van der Waals surface area (Å²) in [6.45, 7) is 6.90. The lowest BCUT2D eigenvalue weighted by Crippen LogP contribution is -2.57. The quantitative estimate of drug-likeness (QED) is 0.766. The molecule has 0 bridgehead atoms. The highest BCUT2D eigenvalue weighted by Crippen LogP contribution is 2.36. The van der Waals surface area contributed by atoms with Crippen molar-refractivity contribution in [2.75, 3.05) is 31.1 Å². The van der Waals surface area contributed by atoms with Crippen LogP contribution in [0.3, 0.4) is 0 Å². The molecule has 2 fully saturated rings. The highest BCUT2D eigenvalue weighted by Gasteiger charge is 2.38. The van der Waals surface area contributed by atoms with Gasteiger partial charge in [0.05, 0.1) is 5.75 Å². The van der Waals surface area contributed by atoms with E-state index in [9.17, 15) is 8.42 Å². The summed E-state index contributed by atoms with van der Waals surface area (Å²) in [5.74, 6) is 1.48. The van der Waals surface area contributed by atoms with Gasteiger partial charge in [0.1, 0.15) is 0 Å².